The number of carboxylic acids is 3. The molecule has 12 heteroatoms. The number of aliphatic hydroxyl groups excluding tert-OH is 2. The Labute approximate surface area is 195 Å². The highest BCUT2D eigenvalue weighted by Gasteiger charge is 2.23. The van der Waals surface area contributed by atoms with E-state index in [9.17, 15) is 14.4 Å². The van der Waals surface area contributed by atoms with Gasteiger partial charge in [-0.1, -0.05) is 13.3 Å². The van der Waals surface area contributed by atoms with E-state index >= 15 is 0 Å². The van der Waals surface area contributed by atoms with Gasteiger partial charge in [-0.05, 0) is 6.42 Å². The summed E-state index contributed by atoms with van der Waals surface area (Å²) < 4.78 is 0. The number of carboxylic acid groups (broad SMARTS) is 3. The van der Waals surface area contributed by atoms with E-state index in [1.807, 2.05) is 6.92 Å². The fourth-order valence-electron chi connectivity index (χ4n) is 2.32. The van der Waals surface area contributed by atoms with Crippen LogP contribution in [0.1, 0.15) is 39.0 Å². The number of nitrogens with zero attached hydrogens (tertiary/aromatic N) is 3. The van der Waals surface area contributed by atoms with Crippen molar-refractivity contribution in [3.05, 3.63) is 0 Å². The van der Waals surface area contributed by atoms with Crippen molar-refractivity contribution in [3.8, 4) is 0 Å². The van der Waals surface area contributed by atoms with Gasteiger partial charge in [0.25, 0.3) is 0 Å². The lowest BCUT2D eigenvalue weighted by molar-refractivity contribution is -0.138. The Morgan fingerprint density at radius 2 is 0.939 bits per heavy atom. The topological polar surface area (TPSA) is 182 Å². The number of aliphatic carboxylic acids is 3. The monoisotopic (exact) mass is 479 g/mol. The molecule has 194 valence electrons. The van der Waals surface area contributed by atoms with E-state index in [1.54, 1.807) is 0 Å². The molecule has 33 heavy (non-hydrogen) atoms. The van der Waals surface area contributed by atoms with Crippen molar-refractivity contribution in [3.63, 3.8) is 0 Å². The second-order valence-electron chi connectivity index (χ2n) is 8.25. The first-order valence-electron chi connectivity index (χ1n) is 11.3. The van der Waals surface area contributed by atoms with Crippen LogP contribution in [0.15, 0.2) is 0 Å². The first-order chi connectivity index (χ1) is 15.5. The summed E-state index contributed by atoms with van der Waals surface area (Å²) in [4.78, 5) is 36.0. The molecular weight excluding hydrogens is 438 g/mol. The zero-order valence-electron chi connectivity index (χ0n) is 19.6. The molecule has 3 heterocycles. The van der Waals surface area contributed by atoms with Gasteiger partial charge in [-0.3, -0.25) is 14.4 Å². The third-order valence-electron chi connectivity index (χ3n) is 4.85. The average molecular weight is 480 g/mol. The second kappa shape index (κ2) is 17.6. The Bertz CT molecular complexity index is 499. The fourth-order valence-corrected chi connectivity index (χ4v) is 2.32. The molecule has 0 saturated carbocycles. The summed E-state index contributed by atoms with van der Waals surface area (Å²) in [7, 11) is 0. The molecule has 0 bridgehead atoms. The van der Waals surface area contributed by atoms with Gasteiger partial charge >= 0.3 is 17.9 Å². The van der Waals surface area contributed by atoms with E-state index in [4.69, 9.17) is 30.6 Å². The number of aliphatic hydroxyl groups is 3. The van der Waals surface area contributed by atoms with Gasteiger partial charge in [0.1, 0.15) is 5.60 Å². The largest absolute Gasteiger partial charge is 0.481 e. The number of rotatable bonds is 13. The van der Waals surface area contributed by atoms with Crippen molar-refractivity contribution in [1.82, 2.24) is 14.7 Å². The van der Waals surface area contributed by atoms with Crippen LogP contribution in [-0.2, 0) is 14.4 Å². The highest BCUT2D eigenvalue weighted by Crippen LogP contribution is 2.09. The van der Waals surface area contributed by atoms with Crippen molar-refractivity contribution >= 4 is 17.9 Å². The summed E-state index contributed by atoms with van der Waals surface area (Å²) in [6.07, 6.45) is 2.08. The first kappa shape index (κ1) is 31.2. The van der Waals surface area contributed by atoms with Gasteiger partial charge in [-0.2, -0.15) is 0 Å². The summed E-state index contributed by atoms with van der Waals surface area (Å²) in [6, 6.07) is 0. The SMILES string of the molecule is CCCC(O)(CO)CO.O=C(O)CCN1CC1.O=C(O)CCN1CC1.O=C(O)CCN1CC1. The maximum absolute atomic E-state index is 9.90. The fraction of sp³-hybridized carbons (Fsp3) is 0.857. The maximum Gasteiger partial charge on any atom is 0.304 e. The molecule has 3 aliphatic rings. The molecule has 0 aromatic rings. The van der Waals surface area contributed by atoms with Gasteiger partial charge in [0.2, 0.25) is 0 Å². The minimum absolute atomic E-state index is 0.292. The number of hydrogen-bond donors (Lipinski definition) is 6. The summed E-state index contributed by atoms with van der Waals surface area (Å²) in [5, 5.41) is 50.6. The lowest BCUT2D eigenvalue weighted by atomic mass is 10.0. The van der Waals surface area contributed by atoms with Crippen molar-refractivity contribution in [2.75, 3.05) is 72.1 Å². The van der Waals surface area contributed by atoms with Crippen molar-refractivity contribution in [1.29, 1.82) is 0 Å². The predicted octanol–water partition coefficient (Wildman–Crippen LogP) is -1.17. The Morgan fingerprint density at radius 1 is 0.667 bits per heavy atom. The van der Waals surface area contributed by atoms with Crippen LogP contribution in [0.5, 0.6) is 0 Å². The van der Waals surface area contributed by atoms with Crippen LogP contribution < -0.4 is 0 Å². The zero-order valence-corrected chi connectivity index (χ0v) is 19.6. The Balaban J connectivity index is 0.000000414. The molecule has 3 rings (SSSR count). The predicted molar refractivity (Wildman–Crippen MR) is 120 cm³/mol. The van der Waals surface area contributed by atoms with Crippen LogP contribution in [0, 0.1) is 0 Å². The van der Waals surface area contributed by atoms with Crippen LogP contribution >= 0.6 is 0 Å². The molecular formula is C21H41N3O9. The molecule has 0 unspecified atom stereocenters. The highest BCUT2D eigenvalue weighted by atomic mass is 16.4. The molecule has 0 aromatic heterocycles. The van der Waals surface area contributed by atoms with E-state index in [-0.39, 0.29) is 13.2 Å². The van der Waals surface area contributed by atoms with Crippen LogP contribution in [0.3, 0.4) is 0 Å². The van der Waals surface area contributed by atoms with Crippen LogP contribution in [-0.4, -0.2) is 141 Å². The normalized spacial score (nSPS) is 16.7. The third-order valence-corrected chi connectivity index (χ3v) is 4.85. The lowest BCUT2D eigenvalue weighted by Gasteiger charge is -2.21. The van der Waals surface area contributed by atoms with Gasteiger partial charge in [-0.25, -0.2) is 0 Å². The molecule has 3 aliphatic heterocycles. The van der Waals surface area contributed by atoms with Gasteiger partial charge in [0.15, 0.2) is 0 Å². The van der Waals surface area contributed by atoms with Crippen LogP contribution in [0.25, 0.3) is 0 Å². The number of hydrogen-bond acceptors (Lipinski definition) is 9. The van der Waals surface area contributed by atoms with Gasteiger partial charge in [0.05, 0.1) is 32.5 Å². The second-order valence-corrected chi connectivity index (χ2v) is 8.25. The molecule has 0 amide bonds. The van der Waals surface area contributed by atoms with E-state index in [2.05, 4.69) is 14.7 Å². The Morgan fingerprint density at radius 3 is 1.06 bits per heavy atom. The lowest BCUT2D eigenvalue weighted by Crippen LogP contribution is -2.37. The minimum atomic E-state index is -1.26. The Hall–Kier alpha value is -1.83. The zero-order chi connectivity index (χ0) is 25.3. The van der Waals surface area contributed by atoms with Gasteiger partial charge < -0.3 is 45.3 Å². The summed E-state index contributed by atoms with van der Waals surface area (Å²) >= 11 is 0. The molecule has 12 nitrogen and oxygen atoms in total. The van der Waals surface area contributed by atoms with Crippen LogP contribution in [0.4, 0.5) is 0 Å². The molecule has 0 radical (unpaired) electrons. The molecule has 3 fully saturated rings. The van der Waals surface area contributed by atoms with Crippen LogP contribution in [0.2, 0.25) is 0 Å². The molecule has 0 atom stereocenters. The van der Waals surface area contributed by atoms with Crippen molar-refractivity contribution < 1.29 is 45.0 Å². The molecule has 3 saturated heterocycles. The van der Waals surface area contributed by atoms with E-state index in [0.29, 0.717) is 25.7 Å². The van der Waals surface area contributed by atoms with E-state index in [1.165, 1.54) is 0 Å². The summed E-state index contributed by atoms with van der Waals surface area (Å²) in [5.74, 6) is -2.09. The number of carbonyl (C=O) groups is 3. The third kappa shape index (κ3) is 23.1. The summed E-state index contributed by atoms with van der Waals surface area (Å²) in [6.45, 7) is 9.90. The van der Waals surface area contributed by atoms with Crippen molar-refractivity contribution in [2.24, 2.45) is 0 Å². The molecule has 0 aliphatic carbocycles. The average Bonchev–Trinajstić information content (AvgIpc) is 3.63. The van der Waals surface area contributed by atoms with Gasteiger partial charge in [-0.15, -0.1) is 0 Å². The highest BCUT2D eigenvalue weighted by molar-refractivity contribution is 5.67. The first-order valence-corrected chi connectivity index (χ1v) is 11.3. The van der Waals surface area contributed by atoms with Gasteiger partial charge in [0, 0.05) is 58.9 Å². The minimum Gasteiger partial charge on any atom is -0.481 e. The molecule has 0 spiro atoms. The van der Waals surface area contributed by atoms with E-state index < -0.39 is 23.5 Å². The smallest absolute Gasteiger partial charge is 0.304 e. The van der Waals surface area contributed by atoms with Crippen molar-refractivity contribution in [2.45, 2.75) is 44.6 Å². The quantitative estimate of drug-likeness (QED) is 0.174. The Kier molecular flexibility index (Phi) is 16.6. The standard InChI is InChI=1S/C6H14O3.3C5H9NO2/c1-2-3-6(9,4-7)5-8;3*7-5(8)1-2-6-3-4-6/h7-9H,2-5H2,1H3;3*1-4H2,(H,7,8). The molecule has 0 aromatic carbocycles. The molecule has 6 N–H and O–H groups in total. The maximum atomic E-state index is 9.90. The van der Waals surface area contributed by atoms with E-state index in [0.717, 1.165) is 65.3 Å². The summed E-state index contributed by atoms with van der Waals surface area (Å²) in [5.41, 5.74) is -1.26.